The number of phenols is 1. The van der Waals surface area contributed by atoms with Crippen molar-refractivity contribution in [3.8, 4) is 5.75 Å². The quantitative estimate of drug-likeness (QED) is 0.722. The second kappa shape index (κ2) is 4.03. The summed E-state index contributed by atoms with van der Waals surface area (Å²) in [6.07, 6.45) is 3.58. The summed E-state index contributed by atoms with van der Waals surface area (Å²) in [7, 11) is 1.85. The number of fused-ring (bicyclic) bond motifs is 1. The average Bonchev–Trinajstić information content (AvgIpc) is 2.76. The molecule has 0 saturated carbocycles. The van der Waals surface area contributed by atoms with Gasteiger partial charge in [-0.25, -0.2) is 4.98 Å². The summed E-state index contributed by atoms with van der Waals surface area (Å²) in [5.41, 5.74) is 0. The van der Waals surface area contributed by atoms with E-state index in [-0.39, 0.29) is 5.75 Å². The third kappa shape index (κ3) is 1.86. The third-order valence-corrected chi connectivity index (χ3v) is 2.71. The molecule has 0 unspecified atom stereocenters. The van der Waals surface area contributed by atoms with Gasteiger partial charge in [-0.3, -0.25) is 4.68 Å². The number of aromatic hydroxyl groups is 1. The van der Waals surface area contributed by atoms with Gasteiger partial charge in [0, 0.05) is 30.9 Å². The van der Waals surface area contributed by atoms with Gasteiger partial charge in [0.25, 0.3) is 0 Å². The van der Waals surface area contributed by atoms with Crippen molar-refractivity contribution >= 4 is 22.4 Å². The lowest BCUT2D eigenvalue weighted by atomic mass is 10.1. The van der Waals surface area contributed by atoms with Gasteiger partial charge in [0.2, 0.25) is 0 Å². The standard InChI is InChI=1S/C13H12N4O/c1-17-7-5-12(16-17)15-13-11-8-10(18)3-2-9(11)4-6-14-13/h2-8,18H,1H3,(H,14,15,16). The molecule has 0 atom stereocenters. The number of anilines is 2. The molecule has 3 rings (SSSR count). The first-order chi connectivity index (χ1) is 8.72. The number of hydrogen-bond acceptors (Lipinski definition) is 4. The fraction of sp³-hybridized carbons (Fsp3) is 0.0769. The zero-order chi connectivity index (χ0) is 12.5. The van der Waals surface area contributed by atoms with Gasteiger partial charge in [-0.2, -0.15) is 5.10 Å². The second-order valence-electron chi connectivity index (χ2n) is 4.06. The average molecular weight is 240 g/mol. The van der Waals surface area contributed by atoms with E-state index >= 15 is 0 Å². The normalized spacial score (nSPS) is 10.7. The topological polar surface area (TPSA) is 63.0 Å². The van der Waals surface area contributed by atoms with E-state index in [1.54, 1.807) is 23.0 Å². The Morgan fingerprint density at radius 3 is 2.89 bits per heavy atom. The van der Waals surface area contributed by atoms with Gasteiger partial charge in [0.15, 0.2) is 5.82 Å². The molecule has 0 saturated heterocycles. The molecule has 0 fully saturated rings. The van der Waals surface area contributed by atoms with Crippen molar-refractivity contribution in [2.24, 2.45) is 7.05 Å². The highest BCUT2D eigenvalue weighted by Gasteiger charge is 2.05. The maximum Gasteiger partial charge on any atom is 0.153 e. The second-order valence-corrected chi connectivity index (χ2v) is 4.06. The predicted molar refractivity (Wildman–Crippen MR) is 69.9 cm³/mol. The zero-order valence-corrected chi connectivity index (χ0v) is 9.83. The summed E-state index contributed by atoms with van der Waals surface area (Å²) in [6.45, 7) is 0. The van der Waals surface area contributed by atoms with Gasteiger partial charge in [-0.15, -0.1) is 0 Å². The molecule has 3 aromatic rings. The fourth-order valence-corrected chi connectivity index (χ4v) is 1.86. The van der Waals surface area contributed by atoms with Crippen LogP contribution in [0.1, 0.15) is 0 Å². The molecular formula is C13H12N4O. The monoisotopic (exact) mass is 240 g/mol. The van der Waals surface area contributed by atoms with Gasteiger partial charge in [0.1, 0.15) is 11.6 Å². The minimum absolute atomic E-state index is 0.222. The Labute approximate surface area is 104 Å². The molecule has 1 aromatic carbocycles. The maximum absolute atomic E-state index is 9.55. The van der Waals surface area contributed by atoms with Crippen molar-refractivity contribution in [1.29, 1.82) is 0 Å². The number of aryl methyl sites for hydroxylation is 1. The molecule has 5 nitrogen and oxygen atoms in total. The van der Waals surface area contributed by atoms with Crippen molar-refractivity contribution in [2.75, 3.05) is 5.32 Å². The van der Waals surface area contributed by atoms with Gasteiger partial charge in [0.05, 0.1) is 0 Å². The molecule has 2 N–H and O–H groups in total. The Kier molecular flexibility index (Phi) is 2.37. The predicted octanol–water partition coefficient (Wildman–Crippen LogP) is 2.42. The van der Waals surface area contributed by atoms with Crippen molar-refractivity contribution in [2.45, 2.75) is 0 Å². The molecule has 0 bridgehead atoms. The van der Waals surface area contributed by atoms with E-state index in [4.69, 9.17) is 0 Å². The molecule has 18 heavy (non-hydrogen) atoms. The number of aromatic nitrogens is 3. The molecule has 0 radical (unpaired) electrons. The summed E-state index contributed by atoms with van der Waals surface area (Å²) < 4.78 is 1.71. The van der Waals surface area contributed by atoms with Crippen LogP contribution in [0.5, 0.6) is 5.75 Å². The molecule has 2 aromatic heterocycles. The number of nitrogens with one attached hydrogen (secondary N) is 1. The number of phenolic OH excluding ortho intramolecular Hbond substituents is 1. The fourth-order valence-electron chi connectivity index (χ4n) is 1.86. The van der Waals surface area contributed by atoms with Crippen LogP contribution in [-0.4, -0.2) is 19.9 Å². The Morgan fingerprint density at radius 2 is 2.11 bits per heavy atom. The van der Waals surface area contributed by atoms with E-state index in [0.29, 0.717) is 5.82 Å². The highest BCUT2D eigenvalue weighted by Crippen LogP contribution is 2.26. The lowest BCUT2D eigenvalue weighted by Crippen LogP contribution is -1.96. The van der Waals surface area contributed by atoms with Crippen LogP contribution >= 0.6 is 0 Å². The highest BCUT2D eigenvalue weighted by atomic mass is 16.3. The van der Waals surface area contributed by atoms with Gasteiger partial charge < -0.3 is 10.4 Å². The van der Waals surface area contributed by atoms with Crippen LogP contribution < -0.4 is 5.32 Å². The number of rotatable bonds is 2. The van der Waals surface area contributed by atoms with Crippen LogP contribution in [0.3, 0.4) is 0 Å². The summed E-state index contributed by atoms with van der Waals surface area (Å²) >= 11 is 0. The van der Waals surface area contributed by atoms with Crippen LogP contribution in [0.4, 0.5) is 11.6 Å². The van der Waals surface area contributed by atoms with E-state index in [1.807, 2.05) is 31.4 Å². The summed E-state index contributed by atoms with van der Waals surface area (Å²) in [5.74, 6) is 1.63. The van der Waals surface area contributed by atoms with E-state index in [2.05, 4.69) is 15.4 Å². The lowest BCUT2D eigenvalue weighted by molar-refractivity contribution is 0.476. The first-order valence-electron chi connectivity index (χ1n) is 5.57. The minimum atomic E-state index is 0.222. The Bertz CT molecular complexity index is 705. The number of nitrogens with zero attached hydrogens (tertiary/aromatic N) is 3. The zero-order valence-electron chi connectivity index (χ0n) is 9.83. The molecule has 2 heterocycles. The van der Waals surface area contributed by atoms with Gasteiger partial charge in [-0.05, 0) is 23.6 Å². The number of benzene rings is 1. The molecule has 0 aliphatic heterocycles. The Morgan fingerprint density at radius 1 is 1.22 bits per heavy atom. The van der Waals surface area contributed by atoms with Crippen molar-refractivity contribution < 1.29 is 5.11 Å². The molecule has 90 valence electrons. The minimum Gasteiger partial charge on any atom is -0.508 e. The third-order valence-electron chi connectivity index (χ3n) is 2.71. The van der Waals surface area contributed by atoms with Gasteiger partial charge >= 0.3 is 0 Å². The first-order valence-corrected chi connectivity index (χ1v) is 5.57. The summed E-state index contributed by atoms with van der Waals surface area (Å²) in [4.78, 5) is 4.28. The van der Waals surface area contributed by atoms with Crippen LogP contribution in [0.2, 0.25) is 0 Å². The molecular weight excluding hydrogens is 228 g/mol. The van der Waals surface area contributed by atoms with Crippen LogP contribution in [0, 0.1) is 0 Å². The lowest BCUT2D eigenvalue weighted by Gasteiger charge is -2.06. The molecule has 0 spiro atoms. The van der Waals surface area contributed by atoms with E-state index in [0.717, 1.165) is 16.6 Å². The largest absolute Gasteiger partial charge is 0.508 e. The highest BCUT2D eigenvalue weighted by molar-refractivity contribution is 5.93. The first kappa shape index (κ1) is 10.6. The maximum atomic E-state index is 9.55. The van der Waals surface area contributed by atoms with E-state index in [1.165, 1.54) is 0 Å². The molecule has 0 aliphatic carbocycles. The van der Waals surface area contributed by atoms with Crippen molar-refractivity contribution in [1.82, 2.24) is 14.8 Å². The molecule has 5 heteroatoms. The smallest absolute Gasteiger partial charge is 0.153 e. The van der Waals surface area contributed by atoms with Crippen LogP contribution in [-0.2, 0) is 7.05 Å². The number of hydrogen-bond donors (Lipinski definition) is 2. The molecule has 0 amide bonds. The van der Waals surface area contributed by atoms with Crippen molar-refractivity contribution in [3.63, 3.8) is 0 Å². The Hall–Kier alpha value is -2.56. The Balaban J connectivity index is 2.08. The summed E-state index contributed by atoms with van der Waals surface area (Å²) in [5, 5.41) is 18.8. The number of pyridine rings is 1. The SMILES string of the molecule is Cn1ccc(Nc2nccc3ccc(O)cc23)n1. The van der Waals surface area contributed by atoms with Crippen LogP contribution in [0.25, 0.3) is 10.8 Å². The van der Waals surface area contributed by atoms with Crippen LogP contribution in [0.15, 0.2) is 42.7 Å². The van der Waals surface area contributed by atoms with E-state index < -0.39 is 0 Å². The van der Waals surface area contributed by atoms with Crippen molar-refractivity contribution in [3.05, 3.63) is 42.7 Å². The molecule has 0 aliphatic rings. The van der Waals surface area contributed by atoms with E-state index in [9.17, 15) is 5.11 Å². The summed E-state index contributed by atoms with van der Waals surface area (Å²) in [6, 6.07) is 8.97. The van der Waals surface area contributed by atoms with Gasteiger partial charge in [-0.1, -0.05) is 6.07 Å².